The minimum atomic E-state index is 0.238. The lowest BCUT2D eigenvalue weighted by molar-refractivity contribution is 0.174. The number of fused-ring (bicyclic) bond motifs is 1. The average Bonchev–Trinajstić information content (AvgIpc) is 3.29. The number of hydrogen-bond donors (Lipinski definition) is 2. The predicted octanol–water partition coefficient (Wildman–Crippen LogP) is 3.26. The van der Waals surface area contributed by atoms with Gasteiger partial charge in [0, 0.05) is 17.3 Å². The van der Waals surface area contributed by atoms with Crippen LogP contribution in [0.5, 0.6) is 11.5 Å². The lowest BCUT2D eigenvalue weighted by atomic mass is 10.1. The molecule has 0 amide bonds. The molecule has 2 heterocycles. The number of nitrogens with one attached hydrogen (secondary N) is 2. The summed E-state index contributed by atoms with van der Waals surface area (Å²) in [4.78, 5) is 4.38. The molecule has 4 rings (SSSR count). The molecule has 0 fully saturated rings. The number of nitrogens with zero attached hydrogens (tertiary/aromatic N) is 2. The molecule has 2 aromatic carbocycles. The summed E-state index contributed by atoms with van der Waals surface area (Å²) < 4.78 is 15.9. The molecule has 0 unspecified atom stereocenters. The van der Waals surface area contributed by atoms with E-state index in [9.17, 15) is 0 Å². The van der Waals surface area contributed by atoms with E-state index < -0.39 is 0 Å². The van der Waals surface area contributed by atoms with Gasteiger partial charge in [-0.2, -0.15) is 4.98 Å². The zero-order valence-electron chi connectivity index (χ0n) is 14.0. The molecule has 0 saturated carbocycles. The zero-order valence-corrected chi connectivity index (χ0v) is 14.8. The van der Waals surface area contributed by atoms with Gasteiger partial charge in [0.2, 0.25) is 18.5 Å². The number of benzene rings is 2. The fourth-order valence-electron chi connectivity index (χ4n) is 2.53. The summed E-state index contributed by atoms with van der Waals surface area (Å²) in [5.74, 6) is 2.43. The highest BCUT2D eigenvalue weighted by atomic mass is 32.1. The largest absolute Gasteiger partial charge is 0.454 e. The van der Waals surface area contributed by atoms with E-state index in [1.807, 2.05) is 49.4 Å². The molecule has 0 atom stereocenters. The SMILES string of the molecule is Cc1cccc(-c2noc(CNC(=S)Nc3ccc4c(c3)OCO4)n2)c1. The van der Waals surface area contributed by atoms with Crippen molar-refractivity contribution in [3.05, 3.63) is 53.9 Å². The fraction of sp³-hybridized carbons (Fsp3) is 0.167. The van der Waals surface area contributed by atoms with Gasteiger partial charge >= 0.3 is 0 Å². The summed E-state index contributed by atoms with van der Waals surface area (Å²) >= 11 is 5.30. The predicted molar refractivity (Wildman–Crippen MR) is 100 cm³/mol. The minimum Gasteiger partial charge on any atom is -0.454 e. The molecule has 7 nitrogen and oxygen atoms in total. The van der Waals surface area contributed by atoms with Gasteiger partial charge in [0.15, 0.2) is 16.6 Å². The monoisotopic (exact) mass is 368 g/mol. The standard InChI is InChI=1S/C18H16N4O3S/c1-11-3-2-4-12(7-11)17-21-16(25-22-17)9-19-18(26)20-13-5-6-14-15(8-13)24-10-23-14/h2-8H,9-10H2,1H3,(H2,19,20,26). The average molecular weight is 368 g/mol. The summed E-state index contributed by atoms with van der Waals surface area (Å²) in [7, 11) is 0. The molecule has 0 aliphatic carbocycles. The maximum atomic E-state index is 5.34. The smallest absolute Gasteiger partial charge is 0.246 e. The first-order chi connectivity index (χ1) is 12.7. The molecule has 132 valence electrons. The van der Waals surface area contributed by atoms with E-state index in [0.29, 0.717) is 29.1 Å². The van der Waals surface area contributed by atoms with Crippen LogP contribution in [0.2, 0.25) is 0 Å². The highest BCUT2D eigenvalue weighted by molar-refractivity contribution is 7.80. The topological polar surface area (TPSA) is 81.4 Å². The molecule has 0 bridgehead atoms. The van der Waals surface area contributed by atoms with Gasteiger partial charge in [0.1, 0.15) is 0 Å². The van der Waals surface area contributed by atoms with E-state index in [-0.39, 0.29) is 6.79 Å². The van der Waals surface area contributed by atoms with E-state index in [1.54, 1.807) is 0 Å². The first-order valence-corrected chi connectivity index (χ1v) is 8.42. The van der Waals surface area contributed by atoms with Crippen LogP contribution < -0.4 is 20.1 Å². The number of anilines is 1. The van der Waals surface area contributed by atoms with Gasteiger partial charge in [-0.25, -0.2) is 0 Å². The Kier molecular flexibility index (Phi) is 4.40. The number of rotatable bonds is 4. The summed E-state index contributed by atoms with van der Waals surface area (Å²) in [5, 5.41) is 10.6. The van der Waals surface area contributed by atoms with Gasteiger partial charge < -0.3 is 24.6 Å². The molecule has 0 radical (unpaired) electrons. The van der Waals surface area contributed by atoms with E-state index in [2.05, 4.69) is 20.8 Å². The molecule has 0 spiro atoms. The van der Waals surface area contributed by atoms with Crippen LogP contribution in [0, 0.1) is 6.92 Å². The fourth-order valence-corrected chi connectivity index (χ4v) is 2.72. The third-order valence-electron chi connectivity index (χ3n) is 3.77. The van der Waals surface area contributed by atoms with Crippen LogP contribution in [0.15, 0.2) is 47.0 Å². The number of aromatic nitrogens is 2. The molecule has 3 aromatic rings. The van der Waals surface area contributed by atoms with Gasteiger partial charge in [0.05, 0.1) is 6.54 Å². The second kappa shape index (κ2) is 7.01. The van der Waals surface area contributed by atoms with Crippen molar-refractivity contribution in [1.29, 1.82) is 0 Å². The summed E-state index contributed by atoms with van der Waals surface area (Å²) in [6.07, 6.45) is 0. The van der Waals surface area contributed by atoms with Crippen molar-refractivity contribution in [2.45, 2.75) is 13.5 Å². The first kappa shape index (κ1) is 16.3. The third kappa shape index (κ3) is 3.60. The molecule has 8 heteroatoms. The zero-order chi connectivity index (χ0) is 17.9. The van der Waals surface area contributed by atoms with Crippen LogP contribution in [0.25, 0.3) is 11.4 Å². The van der Waals surface area contributed by atoms with Crippen LogP contribution >= 0.6 is 12.2 Å². The molecule has 2 N–H and O–H groups in total. The Bertz CT molecular complexity index is 957. The van der Waals surface area contributed by atoms with E-state index >= 15 is 0 Å². The third-order valence-corrected chi connectivity index (χ3v) is 4.02. The molecule has 0 saturated heterocycles. The summed E-state index contributed by atoms with van der Waals surface area (Å²) in [6, 6.07) is 13.5. The molecular formula is C18H16N4O3S. The number of hydrogen-bond acceptors (Lipinski definition) is 6. The minimum absolute atomic E-state index is 0.238. The Morgan fingerprint density at radius 2 is 2.04 bits per heavy atom. The van der Waals surface area contributed by atoms with Crippen molar-refractivity contribution < 1.29 is 14.0 Å². The van der Waals surface area contributed by atoms with Crippen molar-refractivity contribution in [2.75, 3.05) is 12.1 Å². The quantitative estimate of drug-likeness (QED) is 0.679. The van der Waals surface area contributed by atoms with Gasteiger partial charge in [-0.1, -0.05) is 28.9 Å². The van der Waals surface area contributed by atoms with E-state index in [4.69, 9.17) is 26.2 Å². The Labute approximate surface area is 155 Å². The van der Waals surface area contributed by atoms with Crippen molar-refractivity contribution in [3.63, 3.8) is 0 Å². The summed E-state index contributed by atoms with van der Waals surface area (Å²) in [5.41, 5.74) is 2.86. The van der Waals surface area contributed by atoms with Gasteiger partial charge in [-0.3, -0.25) is 0 Å². The normalized spacial score (nSPS) is 12.0. The van der Waals surface area contributed by atoms with E-state index in [0.717, 1.165) is 22.6 Å². The lowest BCUT2D eigenvalue weighted by Crippen LogP contribution is -2.27. The molecular weight excluding hydrogens is 352 g/mol. The second-order valence-electron chi connectivity index (χ2n) is 5.76. The molecule has 1 aliphatic heterocycles. The van der Waals surface area contributed by atoms with Crippen LogP contribution in [-0.2, 0) is 6.54 Å². The van der Waals surface area contributed by atoms with Gasteiger partial charge in [-0.15, -0.1) is 0 Å². The lowest BCUT2D eigenvalue weighted by Gasteiger charge is -2.09. The second-order valence-corrected chi connectivity index (χ2v) is 6.17. The Hall–Kier alpha value is -3.13. The van der Waals surface area contributed by atoms with Crippen LogP contribution in [-0.4, -0.2) is 22.0 Å². The first-order valence-electron chi connectivity index (χ1n) is 8.01. The Balaban J connectivity index is 1.35. The van der Waals surface area contributed by atoms with Crippen LogP contribution in [0.4, 0.5) is 5.69 Å². The van der Waals surface area contributed by atoms with Crippen molar-refractivity contribution >= 4 is 23.0 Å². The van der Waals surface area contributed by atoms with Crippen molar-refractivity contribution in [1.82, 2.24) is 15.5 Å². The van der Waals surface area contributed by atoms with Crippen LogP contribution in [0.3, 0.4) is 0 Å². The number of aryl methyl sites for hydroxylation is 1. The maximum absolute atomic E-state index is 5.34. The highest BCUT2D eigenvalue weighted by Gasteiger charge is 2.14. The number of ether oxygens (including phenoxy) is 2. The maximum Gasteiger partial charge on any atom is 0.246 e. The highest BCUT2D eigenvalue weighted by Crippen LogP contribution is 2.34. The van der Waals surface area contributed by atoms with Gasteiger partial charge in [-0.05, 0) is 37.3 Å². The number of thiocarbonyl (C=S) groups is 1. The summed E-state index contributed by atoms with van der Waals surface area (Å²) in [6.45, 7) is 2.59. The molecule has 26 heavy (non-hydrogen) atoms. The van der Waals surface area contributed by atoms with Crippen molar-refractivity contribution in [2.24, 2.45) is 0 Å². The molecule has 1 aliphatic rings. The van der Waals surface area contributed by atoms with Gasteiger partial charge in [0.25, 0.3) is 0 Å². The Morgan fingerprint density at radius 1 is 1.15 bits per heavy atom. The van der Waals surface area contributed by atoms with Crippen LogP contribution in [0.1, 0.15) is 11.5 Å². The van der Waals surface area contributed by atoms with Crippen molar-refractivity contribution in [3.8, 4) is 22.9 Å². The Morgan fingerprint density at radius 3 is 2.92 bits per heavy atom. The molecule has 1 aromatic heterocycles. The van der Waals surface area contributed by atoms with E-state index in [1.165, 1.54) is 0 Å².